The molecule has 0 radical (unpaired) electrons. The third-order valence-electron chi connectivity index (χ3n) is 3.34. The smallest absolute Gasteiger partial charge is 0.0896 e. The van der Waals surface area contributed by atoms with Gasteiger partial charge >= 0.3 is 0 Å². The van der Waals surface area contributed by atoms with E-state index in [-0.39, 0.29) is 5.54 Å². The van der Waals surface area contributed by atoms with Crippen molar-refractivity contribution < 1.29 is 0 Å². The fraction of sp³-hybridized carbons (Fsp3) is 0.471. The van der Waals surface area contributed by atoms with Crippen LogP contribution in [0.15, 0.2) is 34.9 Å². The van der Waals surface area contributed by atoms with Crippen LogP contribution in [0.1, 0.15) is 42.1 Å². The molecular weight excluding hydrogens is 344 g/mol. The Kier molecular flexibility index (Phi) is 5.58. The van der Waals surface area contributed by atoms with Gasteiger partial charge in [-0.05, 0) is 45.7 Å². The van der Waals surface area contributed by atoms with Gasteiger partial charge in [-0.2, -0.15) is 0 Å². The van der Waals surface area contributed by atoms with Gasteiger partial charge in [0.15, 0.2) is 0 Å². The minimum absolute atomic E-state index is 0.128. The molecule has 1 N–H and O–H groups in total. The summed E-state index contributed by atoms with van der Waals surface area (Å²) in [4.78, 5) is 5.73. The van der Waals surface area contributed by atoms with Crippen molar-refractivity contribution in [2.24, 2.45) is 0 Å². The van der Waals surface area contributed by atoms with Crippen molar-refractivity contribution in [3.05, 3.63) is 50.4 Å². The van der Waals surface area contributed by atoms with Crippen LogP contribution in [0.4, 0.5) is 0 Å². The van der Waals surface area contributed by atoms with Gasteiger partial charge in [0.25, 0.3) is 0 Å². The highest BCUT2D eigenvalue weighted by molar-refractivity contribution is 9.10. The second-order valence-corrected chi connectivity index (χ2v) is 8.57. The maximum absolute atomic E-state index is 4.38. The Morgan fingerprint density at radius 1 is 1.29 bits per heavy atom. The van der Waals surface area contributed by atoms with Crippen molar-refractivity contribution in [2.75, 3.05) is 6.54 Å². The number of halogens is 1. The lowest BCUT2D eigenvalue weighted by atomic mass is 9.94. The van der Waals surface area contributed by atoms with Gasteiger partial charge in [0.1, 0.15) is 0 Å². The molecule has 0 aliphatic rings. The fourth-order valence-corrected chi connectivity index (χ4v) is 3.75. The third kappa shape index (κ3) is 5.20. The van der Waals surface area contributed by atoms with Gasteiger partial charge in [0.2, 0.25) is 0 Å². The van der Waals surface area contributed by atoms with Crippen molar-refractivity contribution >= 4 is 27.3 Å². The van der Waals surface area contributed by atoms with Crippen LogP contribution in [0.3, 0.4) is 0 Å². The first-order valence-corrected chi connectivity index (χ1v) is 8.87. The number of aryl methyl sites for hydroxylation is 1. The Hall–Kier alpha value is -0.710. The lowest BCUT2D eigenvalue weighted by Crippen LogP contribution is -2.39. The van der Waals surface area contributed by atoms with Crippen molar-refractivity contribution in [3.63, 3.8) is 0 Å². The summed E-state index contributed by atoms with van der Waals surface area (Å²) < 4.78 is 1.19. The number of rotatable bonds is 5. The Balaban J connectivity index is 2.19. The summed E-state index contributed by atoms with van der Waals surface area (Å²) in [6.45, 7) is 9.65. The van der Waals surface area contributed by atoms with E-state index in [0.717, 1.165) is 18.0 Å². The molecule has 1 aromatic heterocycles. The van der Waals surface area contributed by atoms with Crippen LogP contribution < -0.4 is 5.32 Å². The lowest BCUT2D eigenvalue weighted by molar-refractivity contribution is 0.405. The number of benzene rings is 1. The largest absolute Gasteiger partial charge is 0.311 e. The van der Waals surface area contributed by atoms with Gasteiger partial charge in [0, 0.05) is 33.5 Å². The fourth-order valence-electron chi connectivity index (χ4n) is 2.27. The number of nitrogens with zero attached hydrogens (tertiary/aromatic N) is 1. The number of thiazole rings is 1. The second kappa shape index (κ2) is 7.03. The predicted molar refractivity (Wildman–Crippen MR) is 95.2 cm³/mol. The normalized spacial score (nSPS) is 13.4. The monoisotopic (exact) mass is 366 g/mol. The molecule has 1 atom stereocenters. The van der Waals surface area contributed by atoms with Crippen LogP contribution in [0.2, 0.25) is 0 Å². The number of aromatic nitrogens is 1. The quantitative estimate of drug-likeness (QED) is 0.811. The van der Waals surface area contributed by atoms with Gasteiger partial charge in [-0.3, -0.25) is 0 Å². The molecule has 1 aromatic carbocycles. The summed E-state index contributed by atoms with van der Waals surface area (Å²) in [5.74, 6) is 0.444. The molecule has 0 amide bonds. The number of hydrogen-bond acceptors (Lipinski definition) is 3. The van der Waals surface area contributed by atoms with E-state index in [1.165, 1.54) is 14.9 Å². The molecule has 0 bridgehead atoms. The lowest BCUT2D eigenvalue weighted by Gasteiger charge is -2.26. The van der Waals surface area contributed by atoms with Crippen molar-refractivity contribution in [3.8, 4) is 0 Å². The van der Waals surface area contributed by atoms with Gasteiger partial charge in [0.05, 0.1) is 5.01 Å². The average Bonchev–Trinajstić information content (AvgIpc) is 2.80. The SMILES string of the molecule is Cc1ncc(CC(CNC(C)(C)C)c2ccccc2Br)s1. The molecule has 4 heteroatoms. The molecule has 114 valence electrons. The summed E-state index contributed by atoms with van der Waals surface area (Å²) in [5, 5.41) is 4.78. The minimum atomic E-state index is 0.128. The van der Waals surface area contributed by atoms with E-state index < -0.39 is 0 Å². The van der Waals surface area contributed by atoms with Gasteiger partial charge in [-0.1, -0.05) is 34.1 Å². The molecule has 21 heavy (non-hydrogen) atoms. The molecule has 0 saturated heterocycles. The van der Waals surface area contributed by atoms with Gasteiger partial charge < -0.3 is 5.32 Å². The van der Waals surface area contributed by atoms with Gasteiger partial charge in [-0.25, -0.2) is 4.98 Å². The van der Waals surface area contributed by atoms with Crippen LogP contribution in [-0.4, -0.2) is 17.1 Å². The first-order chi connectivity index (χ1) is 9.85. The Morgan fingerprint density at radius 3 is 2.57 bits per heavy atom. The standard InChI is InChI=1S/C17H23BrN2S/c1-12-19-11-14(21-12)9-13(10-20-17(2,3)4)15-7-5-6-8-16(15)18/h5-8,11,13,20H,9-10H2,1-4H3. The molecule has 2 rings (SSSR count). The molecule has 1 unspecified atom stereocenters. The van der Waals surface area contributed by atoms with E-state index in [4.69, 9.17) is 0 Å². The maximum atomic E-state index is 4.38. The van der Waals surface area contributed by atoms with Crippen LogP contribution in [0.25, 0.3) is 0 Å². The Bertz CT molecular complexity index is 586. The molecule has 0 aliphatic carbocycles. The highest BCUT2D eigenvalue weighted by Gasteiger charge is 2.19. The molecule has 0 spiro atoms. The Morgan fingerprint density at radius 2 is 2.00 bits per heavy atom. The number of nitrogens with one attached hydrogen (secondary N) is 1. The van der Waals surface area contributed by atoms with Crippen LogP contribution >= 0.6 is 27.3 Å². The molecular formula is C17H23BrN2S. The zero-order valence-electron chi connectivity index (χ0n) is 13.1. The average molecular weight is 367 g/mol. The van der Waals surface area contributed by atoms with E-state index >= 15 is 0 Å². The first kappa shape index (κ1) is 16.7. The highest BCUT2D eigenvalue weighted by atomic mass is 79.9. The van der Waals surface area contributed by atoms with E-state index in [9.17, 15) is 0 Å². The highest BCUT2D eigenvalue weighted by Crippen LogP contribution is 2.29. The molecule has 0 aliphatic heterocycles. The molecule has 2 aromatic rings. The summed E-state index contributed by atoms with van der Waals surface area (Å²) in [5.41, 5.74) is 1.49. The summed E-state index contributed by atoms with van der Waals surface area (Å²) in [6, 6.07) is 8.52. The zero-order valence-corrected chi connectivity index (χ0v) is 15.5. The number of hydrogen-bond donors (Lipinski definition) is 1. The van der Waals surface area contributed by atoms with Crippen molar-refractivity contribution in [2.45, 2.75) is 45.6 Å². The molecule has 2 nitrogen and oxygen atoms in total. The van der Waals surface area contributed by atoms with E-state index in [1.807, 2.05) is 6.20 Å². The van der Waals surface area contributed by atoms with Crippen molar-refractivity contribution in [1.82, 2.24) is 10.3 Å². The van der Waals surface area contributed by atoms with E-state index in [0.29, 0.717) is 5.92 Å². The van der Waals surface area contributed by atoms with Crippen LogP contribution in [0, 0.1) is 6.92 Å². The minimum Gasteiger partial charge on any atom is -0.311 e. The van der Waals surface area contributed by atoms with E-state index in [1.54, 1.807) is 11.3 Å². The zero-order chi connectivity index (χ0) is 15.5. The maximum Gasteiger partial charge on any atom is 0.0896 e. The second-order valence-electron chi connectivity index (χ2n) is 6.40. The van der Waals surface area contributed by atoms with Crippen LogP contribution in [-0.2, 0) is 6.42 Å². The summed E-state index contributed by atoms with van der Waals surface area (Å²) in [7, 11) is 0. The molecule has 1 heterocycles. The molecule has 0 fully saturated rings. The topological polar surface area (TPSA) is 24.9 Å². The van der Waals surface area contributed by atoms with Gasteiger partial charge in [-0.15, -0.1) is 11.3 Å². The summed E-state index contributed by atoms with van der Waals surface area (Å²) in [6.07, 6.45) is 3.04. The molecule has 0 saturated carbocycles. The predicted octanol–water partition coefficient (Wildman–Crippen LogP) is 4.93. The van der Waals surface area contributed by atoms with Crippen LogP contribution in [0.5, 0.6) is 0 Å². The first-order valence-electron chi connectivity index (χ1n) is 7.26. The summed E-state index contributed by atoms with van der Waals surface area (Å²) >= 11 is 5.49. The Labute approximate surface area is 140 Å². The third-order valence-corrected chi connectivity index (χ3v) is 5.00. The van der Waals surface area contributed by atoms with E-state index in [2.05, 4.69) is 78.2 Å². The van der Waals surface area contributed by atoms with Crippen molar-refractivity contribution in [1.29, 1.82) is 0 Å².